The van der Waals surface area contributed by atoms with Gasteiger partial charge in [0, 0.05) is 13.1 Å². The van der Waals surface area contributed by atoms with Crippen molar-refractivity contribution in [2.75, 3.05) is 19.7 Å². The number of aryl methyl sites for hydroxylation is 1. The van der Waals surface area contributed by atoms with E-state index in [0.29, 0.717) is 12.4 Å². The molecule has 82 valence electrons. The van der Waals surface area contributed by atoms with E-state index in [4.69, 9.17) is 5.11 Å². The lowest BCUT2D eigenvalue weighted by Crippen LogP contribution is -2.34. The van der Waals surface area contributed by atoms with Gasteiger partial charge in [-0.25, -0.2) is 4.98 Å². The molecule has 1 aromatic heterocycles. The predicted octanol–water partition coefficient (Wildman–Crippen LogP) is -0.266. The van der Waals surface area contributed by atoms with E-state index in [1.165, 1.54) is 4.90 Å². The minimum atomic E-state index is -0.312. The van der Waals surface area contributed by atoms with E-state index in [-0.39, 0.29) is 24.9 Å². The molecule has 1 aromatic rings. The first-order chi connectivity index (χ1) is 7.19. The lowest BCUT2D eigenvalue weighted by atomic mass is 10.4. The Morgan fingerprint density at radius 2 is 2.47 bits per heavy atom. The number of hydrogen-bond donors (Lipinski definition) is 2. The fourth-order valence-electron chi connectivity index (χ4n) is 1.13. The molecule has 0 fully saturated rings. The van der Waals surface area contributed by atoms with Crippen LogP contribution in [0.1, 0.15) is 16.4 Å². The number of aromatic nitrogens is 3. The van der Waals surface area contributed by atoms with Gasteiger partial charge in [0.1, 0.15) is 5.82 Å². The minimum absolute atomic E-state index is 0.0943. The highest BCUT2D eigenvalue weighted by molar-refractivity contribution is 5.90. The molecule has 1 amide bonds. The van der Waals surface area contributed by atoms with Crippen molar-refractivity contribution in [2.24, 2.45) is 0 Å². The number of rotatable bonds is 5. The van der Waals surface area contributed by atoms with E-state index in [0.717, 1.165) is 0 Å². The molecule has 0 bridgehead atoms. The molecule has 0 spiro atoms. The molecule has 0 aliphatic carbocycles. The van der Waals surface area contributed by atoms with Crippen LogP contribution in [0.5, 0.6) is 0 Å². The first-order valence-corrected chi connectivity index (χ1v) is 4.59. The Labute approximate surface area is 87.6 Å². The van der Waals surface area contributed by atoms with Crippen LogP contribution in [-0.4, -0.2) is 50.8 Å². The van der Waals surface area contributed by atoms with Gasteiger partial charge in [0.2, 0.25) is 5.82 Å². The topological polar surface area (TPSA) is 82.1 Å². The summed E-state index contributed by atoms with van der Waals surface area (Å²) < 4.78 is 0. The van der Waals surface area contributed by atoms with E-state index in [2.05, 4.69) is 21.8 Å². The van der Waals surface area contributed by atoms with Crippen molar-refractivity contribution in [3.05, 3.63) is 24.3 Å². The van der Waals surface area contributed by atoms with Gasteiger partial charge in [0.15, 0.2) is 0 Å². The lowest BCUT2D eigenvalue weighted by molar-refractivity contribution is 0.0731. The van der Waals surface area contributed by atoms with Gasteiger partial charge < -0.3 is 10.0 Å². The molecule has 0 saturated carbocycles. The molecule has 0 unspecified atom stereocenters. The molecule has 1 rings (SSSR count). The summed E-state index contributed by atoms with van der Waals surface area (Å²) in [6.45, 7) is 5.78. The molecule has 0 aliphatic heterocycles. The van der Waals surface area contributed by atoms with E-state index < -0.39 is 0 Å². The number of aliphatic hydroxyl groups is 1. The zero-order valence-corrected chi connectivity index (χ0v) is 8.60. The number of aliphatic hydroxyl groups excluding tert-OH is 1. The number of amides is 1. The van der Waals surface area contributed by atoms with Gasteiger partial charge in [-0.1, -0.05) is 6.08 Å². The van der Waals surface area contributed by atoms with Gasteiger partial charge in [-0.2, -0.15) is 0 Å². The third-order valence-electron chi connectivity index (χ3n) is 1.80. The molecule has 1 heterocycles. The van der Waals surface area contributed by atoms with Gasteiger partial charge in [-0.15, -0.1) is 11.7 Å². The summed E-state index contributed by atoms with van der Waals surface area (Å²) in [5.41, 5.74) is 0. The lowest BCUT2D eigenvalue weighted by Gasteiger charge is -2.17. The van der Waals surface area contributed by atoms with Crippen LogP contribution in [0.15, 0.2) is 12.7 Å². The number of carbonyl (C=O) groups is 1. The van der Waals surface area contributed by atoms with Crippen LogP contribution in [-0.2, 0) is 0 Å². The Hall–Kier alpha value is -1.69. The fourth-order valence-corrected chi connectivity index (χ4v) is 1.13. The van der Waals surface area contributed by atoms with Crippen molar-refractivity contribution >= 4 is 5.91 Å². The molecule has 15 heavy (non-hydrogen) atoms. The largest absolute Gasteiger partial charge is 0.395 e. The second kappa shape index (κ2) is 5.26. The van der Waals surface area contributed by atoms with Gasteiger partial charge in [0.25, 0.3) is 5.91 Å². The molecule has 0 aliphatic rings. The summed E-state index contributed by atoms with van der Waals surface area (Å²) in [6, 6.07) is 0. The Morgan fingerprint density at radius 3 is 2.93 bits per heavy atom. The number of H-pyrrole nitrogens is 1. The normalized spacial score (nSPS) is 10.0. The Morgan fingerprint density at radius 1 is 1.73 bits per heavy atom. The summed E-state index contributed by atoms with van der Waals surface area (Å²) in [7, 11) is 0. The van der Waals surface area contributed by atoms with E-state index in [1.807, 2.05) is 0 Å². The zero-order chi connectivity index (χ0) is 11.3. The van der Waals surface area contributed by atoms with E-state index in [1.54, 1.807) is 13.0 Å². The van der Waals surface area contributed by atoms with Crippen LogP contribution in [0.2, 0.25) is 0 Å². The maximum absolute atomic E-state index is 11.8. The van der Waals surface area contributed by atoms with Crippen molar-refractivity contribution in [2.45, 2.75) is 6.92 Å². The maximum atomic E-state index is 11.8. The van der Waals surface area contributed by atoms with Crippen LogP contribution < -0.4 is 0 Å². The first-order valence-electron chi connectivity index (χ1n) is 4.59. The molecule has 0 saturated heterocycles. The standard InChI is InChI=1S/C9H14N4O2/c1-3-4-13(5-6-14)9(15)8-10-7(2)11-12-8/h3,14H,1,4-6H2,2H3,(H,10,11,12). The van der Waals surface area contributed by atoms with Crippen molar-refractivity contribution in [3.63, 3.8) is 0 Å². The highest BCUT2D eigenvalue weighted by Gasteiger charge is 2.17. The van der Waals surface area contributed by atoms with E-state index in [9.17, 15) is 4.79 Å². The van der Waals surface area contributed by atoms with Gasteiger partial charge in [-0.05, 0) is 6.92 Å². The number of nitrogens with one attached hydrogen (secondary N) is 1. The first kappa shape index (κ1) is 11.4. The molecule has 0 atom stereocenters. The third kappa shape index (κ3) is 2.88. The highest BCUT2D eigenvalue weighted by Crippen LogP contribution is 1.99. The van der Waals surface area contributed by atoms with E-state index >= 15 is 0 Å². The summed E-state index contributed by atoms with van der Waals surface area (Å²) in [6.07, 6.45) is 1.59. The average Bonchev–Trinajstić information content (AvgIpc) is 2.63. The van der Waals surface area contributed by atoms with Crippen molar-refractivity contribution in [1.29, 1.82) is 0 Å². The zero-order valence-electron chi connectivity index (χ0n) is 8.60. The summed E-state index contributed by atoms with van der Waals surface area (Å²) >= 11 is 0. The number of aromatic amines is 1. The van der Waals surface area contributed by atoms with Crippen LogP contribution in [0.25, 0.3) is 0 Å². The molecule has 6 heteroatoms. The molecule has 0 aromatic carbocycles. The van der Waals surface area contributed by atoms with Gasteiger partial charge in [0.05, 0.1) is 6.61 Å². The second-order valence-corrected chi connectivity index (χ2v) is 3.01. The van der Waals surface area contributed by atoms with Crippen LogP contribution in [0.3, 0.4) is 0 Å². The van der Waals surface area contributed by atoms with Crippen LogP contribution in [0, 0.1) is 6.92 Å². The summed E-state index contributed by atoms with van der Waals surface area (Å²) in [5, 5.41) is 15.1. The SMILES string of the molecule is C=CCN(CCO)C(=O)c1n[nH]c(C)n1. The minimum Gasteiger partial charge on any atom is -0.395 e. The molecule has 2 N–H and O–H groups in total. The number of carbonyl (C=O) groups excluding carboxylic acids is 1. The number of nitrogens with zero attached hydrogens (tertiary/aromatic N) is 3. The smallest absolute Gasteiger partial charge is 0.293 e. The molecular weight excluding hydrogens is 196 g/mol. The predicted molar refractivity (Wildman–Crippen MR) is 54.3 cm³/mol. The summed E-state index contributed by atoms with van der Waals surface area (Å²) in [4.78, 5) is 17.1. The van der Waals surface area contributed by atoms with Gasteiger partial charge >= 0.3 is 0 Å². The third-order valence-corrected chi connectivity index (χ3v) is 1.80. The molecule has 0 radical (unpaired) electrons. The second-order valence-electron chi connectivity index (χ2n) is 3.01. The Bertz CT molecular complexity index is 348. The quantitative estimate of drug-likeness (QED) is 0.656. The van der Waals surface area contributed by atoms with Crippen molar-refractivity contribution < 1.29 is 9.90 Å². The monoisotopic (exact) mass is 210 g/mol. The molecule has 6 nitrogen and oxygen atoms in total. The highest BCUT2D eigenvalue weighted by atomic mass is 16.3. The van der Waals surface area contributed by atoms with Crippen LogP contribution in [0.4, 0.5) is 0 Å². The number of hydrogen-bond acceptors (Lipinski definition) is 4. The molecular formula is C9H14N4O2. The Balaban J connectivity index is 2.75. The fraction of sp³-hybridized carbons (Fsp3) is 0.444. The maximum Gasteiger partial charge on any atom is 0.293 e. The van der Waals surface area contributed by atoms with Crippen molar-refractivity contribution in [3.8, 4) is 0 Å². The average molecular weight is 210 g/mol. The van der Waals surface area contributed by atoms with Gasteiger partial charge in [-0.3, -0.25) is 9.89 Å². The Kier molecular flexibility index (Phi) is 3.99. The summed E-state index contributed by atoms with van der Waals surface area (Å²) in [5.74, 6) is 0.386. The van der Waals surface area contributed by atoms with Crippen molar-refractivity contribution in [1.82, 2.24) is 20.1 Å². The van der Waals surface area contributed by atoms with Crippen LogP contribution >= 0.6 is 0 Å².